The molecule has 7 heteroatoms. The molecule has 3 fully saturated rings. The quantitative estimate of drug-likeness (QED) is 0.403. The van der Waals surface area contributed by atoms with Gasteiger partial charge in [-0.05, 0) is 19.3 Å². The Balaban J connectivity index is 1.31. The van der Waals surface area contributed by atoms with E-state index in [1.54, 1.807) is 0 Å². The van der Waals surface area contributed by atoms with Crippen LogP contribution in [0.2, 0.25) is 0 Å². The van der Waals surface area contributed by atoms with E-state index in [1.165, 1.54) is 0 Å². The van der Waals surface area contributed by atoms with Crippen molar-refractivity contribution in [2.45, 2.75) is 37.8 Å². The summed E-state index contributed by atoms with van der Waals surface area (Å²) in [5, 5.41) is 0. The van der Waals surface area contributed by atoms with Gasteiger partial charge in [0.25, 0.3) is 0 Å². The van der Waals surface area contributed by atoms with Crippen LogP contribution < -0.4 is 0 Å². The second kappa shape index (κ2) is 10.7. The van der Waals surface area contributed by atoms with E-state index >= 15 is 0 Å². The molecule has 3 aliphatic rings. The number of morpholine rings is 1. The van der Waals surface area contributed by atoms with Gasteiger partial charge < -0.3 is 28.4 Å². The van der Waals surface area contributed by atoms with E-state index in [9.17, 15) is 0 Å². The van der Waals surface area contributed by atoms with E-state index in [4.69, 9.17) is 28.4 Å². The predicted octanol–water partition coefficient (Wildman–Crippen LogP) is 0.662. The molecule has 0 spiro atoms. The first kappa shape index (κ1) is 18.5. The summed E-state index contributed by atoms with van der Waals surface area (Å²) in [4.78, 5) is 2.37. The molecule has 0 radical (unpaired) electrons. The molecule has 0 aromatic heterocycles. The van der Waals surface area contributed by atoms with Crippen LogP contribution in [-0.2, 0) is 28.4 Å². The predicted molar refractivity (Wildman–Crippen MR) is 87.1 cm³/mol. The molecule has 3 saturated heterocycles. The van der Waals surface area contributed by atoms with Gasteiger partial charge in [0.2, 0.25) is 0 Å². The Labute approximate surface area is 144 Å². The van der Waals surface area contributed by atoms with Crippen LogP contribution in [0, 0.1) is 0 Å². The van der Waals surface area contributed by atoms with Crippen molar-refractivity contribution in [3.8, 4) is 0 Å². The summed E-state index contributed by atoms with van der Waals surface area (Å²) in [6.45, 7) is 8.56. The standard InChI is InChI=1S/C17H31NO6/c1-2-7-22-17(3-1)24-16(13-21-11-15-14-23-15)12-20-10-6-18-4-8-19-9-5-18/h15-17H,1-14H2. The first-order valence-electron chi connectivity index (χ1n) is 9.24. The smallest absolute Gasteiger partial charge is 0.158 e. The largest absolute Gasteiger partial charge is 0.379 e. The zero-order chi connectivity index (χ0) is 16.5. The van der Waals surface area contributed by atoms with E-state index < -0.39 is 0 Å². The van der Waals surface area contributed by atoms with E-state index in [1.807, 2.05) is 0 Å². The summed E-state index contributed by atoms with van der Waals surface area (Å²) in [7, 11) is 0. The summed E-state index contributed by atoms with van der Waals surface area (Å²) in [6, 6.07) is 0. The van der Waals surface area contributed by atoms with Crippen molar-refractivity contribution in [3.63, 3.8) is 0 Å². The highest BCUT2D eigenvalue weighted by atomic mass is 16.7. The summed E-state index contributed by atoms with van der Waals surface area (Å²) in [5.41, 5.74) is 0. The average Bonchev–Trinajstić information content (AvgIpc) is 3.45. The van der Waals surface area contributed by atoms with Crippen molar-refractivity contribution in [2.24, 2.45) is 0 Å². The van der Waals surface area contributed by atoms with Gasteiger partial charge in [-0.15, -0.1) is 0 Å². The Morgan fingerprint density at radius 1 is 1.00 bits per heavy atom. The van der Waals surface area contributed by atoms with Crippen molar-refractivity contribution in [1.29, 1.82) is 0 Å². The maximum atomic E-state index is 6.04. The number of hydrogen-bond acceptors (Lipinski definition) is 7. The highest BCUT2D eigenvalue weighted by molar-refractivity contribution is 4.69. The fraction of sp³-hybridized carbons (Fsp3) is 1.00. The van der Waals surface area contributed by atoms with E-state index in [-0.39, 0.29) is 18.5 Å². The fourth-order valence-electron chi connectivity index (χ4n) is 2.89. The Morgan fingerprint density at radius 3 is 2.58 bits per heavy atom. The molecular weight excluding hydrogens is 314 g/mol. The first-order chi connectivity index (χ1) is 11.9. The number of hydrogen-bond donors (Lipinski definition) is 0. The van der Waals surface area contributed by atoms with Gasteiger partial charge in [0.15, 0.2) is 6.29 Å². The zero-order valence-corrected chi connectivity index (χ0v) is 14.5. The van der Waals surface area contributed by atoms with Crippen molar-refractivity contribution in [2.75, 3.05) is 72.5 Å². The van der Waals surface area contributed by atoms with Crippen LogP contribution in [0.1, 0.15) is 19.3 Å². The van der Waals surface area contributed by atoms with Crippen LogP contribution in [0.15, 0.2) is 0 Å². The second-order valence-electron chi connectivity index (χ2n) is 6.58. The van der Waals surface area contributed by atoms with Crippen molar-refractivity contribution in [3.05, 3.63) is 0 Å². The number of epoxide rings is 1. The molecule has 24 heavy (non-hydrogen) atoms. The van der Waals surface area contributed by atoms with Gasteiger partial charge in [-0.2, -0.15) is 0 Å². The van der Waals surface area contributed by atoms with E-state index in [0.29, 0.717) is 26.4 Å². The fourth-order valence-corrected chi connectivity index (χ4v) is 2.89. The molecule has 0 N–H and O–H groups in total. The third-order valence-electron chi connectivity index (χ3n) is 4.45. The number of nitrogens with zero attached hydrogens (tertiary/aromatic N) is 1. The summed E-state index contributed by atoms with van der Waals surface area (Å²) in [5.74, 6) is 0. The average molecular weight is 345 g/mol. The van der Waals surface area contributed by atoms with Gasteiger partial charge in [0.05, 0.1) is 46.2 Å². The van der Waals surface area contributed by atoms with Gasteiger partial charge >= 0.3 is 0 Å². The summed E-state index contributed by atoms with van der Waals surface area (Å²) < 4.78 is 33.8. The van der Waals surface area contributed by atoms with Crippen LogP contribution >= 0.6 is 0 Å². The highest BCUT2D eigenvalue weighted by Crippen LogP contribution is 2.16. The van der Waals surface area contributed by atoms with E-state index in [2.05, 4.69) is 4.90 Å². The summed E-state index contributed by atoms with van der Waals surface area (Å²) in [6.07, 6.45) is 3.31. The monoisotopic (exact) mass is 345 g/mol. The molecule has 0 aromatic rings. The lowest BCUT2D eigenvalue weighted by atomic mass is 10.2. The van der Waals surface area contributed by atoms with Crippen molar-refractivity contribution in [1.82, 2.24) is 4.90 Å². The lowest BCUT2D eigenvalue weighted by Crippen LogP contribution is -2.39. The molecule has 0 bridgehead atoms. The molecular formula is C17H31NO6. The molecule has 0 aliphatic carbocycles. The minimum atomic E-state index is -0.118. The minimum Gasteiger partial charge on any atom is -0.379 e. The number of ether oxygens (including phenoxy) is 6. The number of rotatable bonds is 11. The van der Waals surface area contributed by atoms with Gasteiger partial charge in [-0.3, -0.25) is 4.90 Å². The Hall–Kier alpha value is -0.280. The molecule has 0 aromatic carbocycles. The Bertz CT molecular complexity index is 329. The zero-order valence-electron chi connectivity index (χ0n) is 14.5. The molecule has 3 heterocycles. The second-order valence-corrected chi connectivity index (χ2v) is 6.58. The third kappa shape index (κ3) is 7.31. The molecule has 0 saturated carbocycles. The topological polar surface area (TPSA) is 61.9 Å². The van der Waals surface area contributed by atoms with Crippen LogP contribution in [0.5, 0.6) is 0 Å². The maximum Gasteiger partial charge on any atom is 0.158 e. The third-order valence-corrected chi connectivity index (χ3v) is 4.45. The Kier molecular flexibility index (Phi) is 8.22. The van der Waals surface area contributed by atoms with Crippen LogP contribution in [0.25, 0.3) is 0 Å². The van der Waals surface area contributed by atoms with E-state index in [0.717, 1.165) is 65.3 Å². The summed E-state index contributed by atoms with van der Waals surface area (Å²) >= 11 is 0. The normalized spacial score (nSPS) is 29.5. The highest BCUT2D eigenvalue weighted by Gasteiger charge is 2.25. The lowest BCUT2D eigenvalue weighted by Gasteiger charge is -2.28. The van der Waals surface area contributed by atoms with Gasteiger partial charge in [-0.25, -0.2) is 0 Å². The lowest BCUT2D eigenvalue weighted by molar-refractivity contribution is -0.208. The van der Waals surface area contributed by atoms with Crippen molar-refractivity contribution < 1.29 is 28.4 Å². The SMILES string of the molecule is C1CCC(OC(COCCN2CCOCC2)COCC2CO2)OC1. The van der Waals surface area contributed by atoms with Gasteiger partial charge in [0, 0.05) is 26.2 Å². The molecule has 3 atom stereocenters. The van der Waals surface area contributed by atoms with Crippen LogP contribution in [0.4, 0.5) is 0 Å². The minimum absolute atomic E-state index is 0.0865. The van der Waals surface area contributed by atoms with Crippen LogP contribution in [0.3, 0.4) is 0 Å². The molecule has 0 amide bonds. The molecule has 3 aliphatic heterocycles. The van der Waals surface area contributed by atoms with Gasteiger partial charge in [-0.1, -0.05) is 0 Å². The van der Waals surface area contributed by atoms with Crippen LogP contribution in [-0.4, -0.2) is 95.9 Å². The molecule has 3 unspecified atom stereocenters. The molecule has 140 valence electrons. The van der Waals surface area contributed by atoms with Gasteiger partial charge in [0.1, 0.15) is 12.2 Å². The molecule has 3 rings (SSSR count). The Morgan fingerprint density at radius 2 is 1.83 bits per heavy atom. The van der Waals surface area contributed by atoms with Crippen molar-refractivity contribution >= 4 is 0 Å². The molecule has 7 nitrogen and oxygen atoms in total. The first-order valence-corrected chi connectivity index (χ1v) is 9.24. The maximum absolute atomic E-state index is 6.04.